The Balaban J connectivity index is 1.83. The van der Waals surface area contributed by atoms with E-state index in [1.807, 2.05) is 0 Å². The molecule has 0 spiro atoms. The molecular formula is C21H18ClFN2O6. The molecule has 4 atom stereocenters. The van der Waals surface area contributed by atoms with Crippen molar-refractivity contribution < 1.29 is 29.2 Å². The second-order valence-corrected chi connectivity index (χ2v) is 7.57. The average Bonchev–Trinajstić information content (AvgIpc) is 3.04. The fourth-order valence-electron chi connectivity index (χ4n) is 3.54. The molecule has 0 aliphatic carbocycles. The summed E-state index contributed by atoms with van der Waals surface area (Å²) >= 11 is 6.04. The lowest BCUT2D eigenvalue weighted by atomic mass is 10.1. The zero-order valence-corrected chi connectivity index (χ0v) is 16.7. The molecule has 1 fully saturated rings. The second kappa shape index (κ2) is 8.37. The number of halogens is 2. The molecule has 4 rings (SSSR count). The third kappa shape index (κ3) is 3.93. The van der Waals surface area contributed by atoms with E-state index in [0.717, 1.165) is 12.1 Å². The maximum Gasteiger partial charge on any atom is 0.261 e. The van der Waals surface area contributed by atoms with Crippen molar-refractivity contribution >= 4 is 34.1 Å². The maximum atomic E-state index is 13.1. The third-order valence-corrected chi connectivity index (χ3v) is 5.37. The summed E-state index contributed by atoms with van der Waals surface area (Å²) in [5.41, 5.74) is -0.309. The number of aliphatic hydroxyl groups is 3. The van der Waals surface area contributed by atoms with Crippen LogP contribution < -0.4 is 10.7 Å². The summed E-state index contributed by atoms with van der Waals surface area (Å²) in [4.78, 5) is 25.9. The van der Waals surface area contributed by atoms with E-state index in [9.17, 15) is 29.3 Å². The largest absolute Gasteiger partial charge is 0.394 e. The van der Waals surface area contributed by atoms with Gasteiger partial charge >= 0.3 is 0 Å². The van der Waals surface area contributed by atoms with Gasteiger partial charge in [-0.15, -0.1) is 0 Å². The van der Waals surface area contributed by atoms with Gasteiger partial charge in [-0.2, -0.15) is 0 Å². The number of amides is 1. The number of carbonyl (C=O) groups excluding carboxylic acids is 1. The van der Waals surface area contributed by atoms with Crippen LogP contribution in [0.5, 0.6) is 0 Å². The Hall–Kier alpha value is -2.82. The molecule has 2 aromatic carbocycles. The number of benzene rings is 2. The Morgan fingerprint density at radius 2 is 1.87 bits per heavy atom. The Bertz CT molecular complexity index is 1200. The normalized spacial score (nSPS) is 23.3. The van der Waals surface area contributed by atoms with Gasteiger partial charge in [0.1, 0.15) is 29.7 Å². The standard InChI is InChI=1S/C21H18ClFN2O6/c22-10-1-6-15-13(7-10)17(27)14(20(30)24-12-4-2-11(23)3-5-12)8-25(15)21-19(29)18(28)16(9-26)31-21/h1-8,16,18-19,21,26,28-29H,9H2,(H,24,30)/t16-,18-,19-,21-/m1/s1. The van der Waals surface area contributed by atoms with E-state index < -0.39 is 48.3 Å². The minimum Gasteiger partial charge on any atom is -0.394 e. The molecule has 1 aromatic heterocycles. The molecule has 162 valence electrons. The van der Waals surface area contributed by atoms with Crippen LogP contribution in [0.25, 0.3) is 10.9 Å². The topological polar surface area (TPSA) is 121 Å². The fraction of sp³-hybridized carbons (Fsp3) is 0.238. The van der Waals surface area contributed by atoms with E-state index in [1.54, 1.807) is 0 Å². The monoisotopic (exact) mass is 448 g/mol. The highest BCUT2D eigenvalue weighted by Gasteiger charge is 2.43. The number of aliphatic hydroxyl groups excluding tert-OH is 3. The first-order valence-corrected chi connectivity index (χ1v) is 9.71. The number of nitrogens with zero attached hydrogens (tertiary/aromatic N) is 1. The van der Waals surface area contributed by atoms with Gasteiger partial charge in [0.2, 0.25) is 5.43 Å². The molecule has 0 bridgehead atoms. The van der Waals surface area contributed by atoms with Gasteiger partial charge in [-0.1, -0.05) is 11.6 Å². The van der Waals surface area contributed by atoms with E-state index >= 15 is 0 Å². The first kappa shape index (κ1) is 21.4. The first-order valence-electron chi connectivity index (χ1n) is 9.34. The summed E-state index contributed by atoms with van der Waals surface area (Å²) in [6.07, 6.45) is -3.80. The Labute approximate surface area is 180 Å². The number of aromatic nitrogens is 1. The van der Waals surface area contributed by atoms with Crippen molar-refractivity contribution in [1.82, 2.24) is 4.57 Å². The van der Waals surface area contributed by atoms with Crippen LogP contribution in [0.4, 0.5) is 10.1 Å². The summed E-state index contributed by atoms with van der Waals surface area (Å²) in [6, 6.07) is 9.44. The Morgan fingerprint density at radius 1 is 1.16 bits per heavy atom. The lowest BCUT2D eigenvalue weighted by molar-refractivity contribution is -0.0509. The zero-order valence-electron chi connectivity index (χ0n) is 15.9. The molecule has 1 aliphatic rings. The van der Waals surface area contributed by atoms with Crippen molar-refractivity contribution in [1.29, 1.82) is 0 Å². The first-order chi connectivity index (χ1) is 14.8. The van der Waals surface area contributed by atoms with Crippen LogP contribution in [0.15, 0.2) is 53.5 Å². The number of rotatable bonds is 4. The summed E-state index contributed by atoms with van der Waals surface area (Å²) in [6.45, 7) is -0.531. The molecule has 4 N–H and O–H groups in total. The number of hydrogen-bond acceptors (Lipinski definition) is 6. The van der Waals surface area contributed by atoms with Crippen LogP contribution in [-0.2, 0) is 4.74 Å². The van der Waals surface area contributed by atoms with Gasteiger partial charge in [-0.3, -0.25) is 9.59 Å². The zero-order chi connectivity index (χ0) is 22.3. The molecule has 1 aliphatic heterocycles. The van der Waals surface area contributed by atoms with Crippen LogP contribution in [0.2, 0.25) is 5.02 Å². The van der Waals surface area contributed by atoms with Gasteiger partial charge in [-0.25, -0.2) is 4.39 Å². The molecular weight excluding hydrogens is 431 g/mol. The van der Waals surface area contributed by atoms with Crippen molar-refractivity contribution in [2.75, 3.05) is 11.9 Å². The average molecular weight is 449 g/mol. The van der Waals surface area contributed by atoms with Crippen molar-refractivity contribution in [2.45, 2.75) is 24.5 Å². The number of ether oxygens (including phenoxy) is 1. The molecule has 0 unspecified atom stereocenters. The molecule has 10 heteroatoms. The number of carbonyl (C=O) groups is 1. The van der Waals surface area contributed by atoms with Gasteiger partial charge in [-0.05, 0) is 42.5 Å². The summed E-state index contributed by atoms with van der Waals surface area (Å²) in [7, 11) is 0. The lowest BCUT2D eigenvalue weighted by Gasteiger charge is -2.22. The third-order valence-electron chi connectivity index (χ3n) is 5.13. The van der Waals surface area contributed by atoms with Gasteiger partial charge in [0.05, 0.1) is 12.1 Å². The summed E-state index contributed by atoms with van der Waals surface area (Å²) in [5, 5.41) is 32.8. The predicted molar refractivity (Wildman–Crippen MR) is 111 cm³/mol. The van der Waals surface area contributed by atoms with Gasteiger partial charge in [0.15, 0.2) is 6.23 Å². The highest BCUT2D eigenvalue weighted by atomic mass is 35.5. The summed E-state index contributed by atoms with van der Waals surface area (Å²) < 4.78 is 20.0. The molecule has 1 amide bonds. The van der Waals surface area contributed by atoms with Crippen molar-refractivity contribution in [3.05, 3.63) is 75.3 Å². The highest BCUT2D eigenvalue weighted by Crippen LogP contribution is 2.32. The van der Waals surface area contributed by atoms with E-state index in [2.05, 4.69) is 5.32 Å². The molecule has 2 heterocycles. The minimum absolute atomic E-state index is 0.0944. The van der Waals surface area contributed by atoms with Crippen LogP contribution in [0.1, 0.15) is 16.6 Å². The predicted octanol–water partition coefficient (Wildman–Crippen LogP) is 1.66. The number of fused-ring (bicyclic) bond motifs is 1. The Morgan fingerprint density at radius 3 is 2.52 bits per heavy atom. The number of nitrogens with one attached hydrogen (secondary N) is 1. The molecule has 8 nitrogen and oxygen atoms in total. The van der Waals surface area contributed by atoms with Crippen LogP contribution >= 0.6 is 11.6 Å². The molecule has 3 aromatic rings. The van der Waals surface area contributed by atoms with Crippen molar-refractivity contribution in [3.8, 4) is 0 Å². The minimum atomic E-state index is -1.42. The smallest absolute Gasteiger partial charge is 0.261 e. The van der Waals surface area contributed by atoms with Gasteiger partial charge in [0, 0.05) is 22.3 Å². The number of hydrogen-bond donors (Lipinski definition) is 4. The van der Waals surface area contributed by atoms with Crippen LogP contribution in [0, 0.1) is 5.82 Å². The van der Waals surface area contributed by atoms with Crippen molar-refractivity contribution in [3.63, 3.8) is 0 Å². The maximum absolute atomic E-state index is 13.1. The van der Waals surface area contributed by atoms with Gasteiger partial charge < -0.3 is 29.9 Å². The number of pyridine rings is 1. The van der Waals surface area contributed by atoms with Crippen LogP contribution in [0.3, 0.4) is 0 Å². The van der Waals surface area contributed by atoms with E-state index in [0.29, 0.717) is 5.52 Å². The number of anilines is 1. The SMILES string of the molecule is O=C(Nc1ccc(F)cc1)c1cn([C@@H]2O[C@H](CO)[C@@H](O)[C@H]2O)c2ccc(Cl)cc2c1=O. The molecule has 0 saturated carbocycles. The van der Waals surface area contributed by atoms with Crippen LogP contribution in [-0.4, -0.2) is 50.7 Å². The molecule has 1 saturated heterocycles. The summed E-state index contributed by atoms with van der Waals surface area (Å²) in [5.74, 6) is -1.25. The quantitative estimate of drug-likeness (QED) is 0.481. The lowest BCUT2D eigenvalue weighted by Crippen LogP contribution is -2.33. The highest BCUT2D eigenvalue weighted by molar-refractivity contribution is 6.31. The van der Waals surface area contributed by atoms with Gasteiger partial charge in [0.25, 0.3) is 5.91 Å². The van der Waals surface area contributed by atoms with E-state index in [1.165, 1.54) is 41.1 Å². The molecule has 31 heavy (non-hydrogen) atoms. The van der Waals surface area contributed by atoms with Crippen molar-refractivity contribution in [2.24, 2.45) is 0 Å². The van der Waals surface area contributed by atoms with E-state index in [4.69, 9.17) is 16.3 Å². The molecule has 0 radical (unpaired) electrons. The Kier molecular flexibility index (Phi) is 5.78. The fourth-order valence-corrected chi connectivity index (χ4v) is 3.71. The van der Waals surface area contributed by atoms with E-state index in [-0.39, 0.29) is 21.7 Å². The second-order valence-electron chi connectivity index (χ2n) is 7.13.